The minimum absolute atomic E-state index is 0.00973. The summed E-state index contributed by atoms with van der Waals surface area (Å²) in [5.74, 6) is 0.878. The van der Waals surface area contributed by atoms with Crippen LogP contribution in [0.5, 0.6) is 5.75 Å². The van der Waals surface area contributed by atoms with Crippen LogP contribution in [0.15, 0.2) is 72.8 Å². The number of aryl methyl sites for hydroxylation is 1. The first-order chi connectivity index (χ1) is 16.8. The van der Waals surface area contributed by atoms with Gasteiger partial charge in [-0.2, -0.15) is 0 Å². The van der Waals surface area contributed by atoms with Gasteiger partial charge in [-0.3, -0.25) is 9.59 Å². The first kappa shape index (κ1) is 24.5. The van der Waals surface area contributed by atoms with Crippen molar-refractivity contribution in [3.63, 3.8) is 0 Å². The number of ether oxygens (including phenoxy) is 1. The monoisotopic (exact) mass is 470 g/mol. The number of carbonyl (C=O) groups excluding carboxylic acids is 2. The van der Waals surface area contributed by atoms with Crippen LogP contribution in [0.1, 0.15) is 59.4 Å². The van der Waals surface area contributed by atoms with Gasteiger partial charge in [-0.05, 0) is 67.1 Å². The van der Waals surface area contributed by atoms with E-state index < -0.39 is 6.10 Å². The molecule has 0 unspecified atom stereocenters. The van der Waals surface area contributed by atoms with Crippen LogP contribution < -0.4 is 10.1 Å². The van der Waals surface area contributed by atoms with E-state index in [0.717, 1.165) is 23.1 Å². The van der Waals surface area contributed by atoms with Gasteiger partial charge in [0.2, 0.25) is 0 Å². The van der Waals surface area contributed by atoms with Gasteiger partial charge in [0.25, 0.3) is 11.8 Å². The summed E-state index contributed by atoms with van der Waals surface area (Å²) in [6.07, 6.45) is 0.149. The Labute approximate surface area is 208 Å². The molecular weight excluding hydrogens is 436 g/mol. The highest BCUT2D eigenvalue weighted by Gasteiger charge is 2.33. The molecule has 1 aliphatic rings. The number of benzene rings is 3. The lowest BCUT2D eigenvalue weighted by Crippen LogP contribution is -2.41. The van der Waals surface area contributed by atoms with Gasteiger partial charge in [-0.1, -0.05) is 67.9 Å². The largest absolute Gasteiger partial charge is 0.481 e. The number of hydrogen-bond donors (Lipinski definition) is 1. The third kappa shape index (κ3) is 5.73. The van der Waals surface area contributed by atoms with Gasteiger partial charge < -0.3 is 15.0 Å². The Morgan fingerprint density at radius 2 is 1.77 bits per heavy atom. The quantitative estimate of drug-likeness (QED) is 0.508. The molecule has 0 bridgehead atoms. The van der Waals surface area contributed by atoms with Crippen LogP contribution in [0.4, 0.5) is 0 Å². The lowest BCUT2D eigenvalue weighted by atomic mass is 9.87. The highest BCUT2D eigenvalue weighted by atomic mass is 16.5. The molecule has 5 nitrogen and oxygen atoms in total. The van der Waals surface area contributed by atoms with Crippen molar-refractivity contribution in [2.75, 3.05) is 13.1 Å². The molecule has 2 amide bonds. The van der Waals surface area contributed by atoms with Crippen LogP contribution in [-0.2, 0) is 11.2 Å². The number of rotatable bonds is 7. The number of nitrogens with zero attached hydrogens (tertiary/aromatic N) is 1. The molecule has 0 saturated carbocycles. The third-order valence-corrected chi connectivity index (χ3v) is 6.35. The van der Waals surface area contributed by atoms with Crippen molar-refractivity contribution >= 4 is 11.8 Å². The molecule has 35 heavy (non-hydrogen) atoms. The Balaban J connectivity index is 1.68. The van der Waals surface area contributed by atoms with Gasteiger partial charge >= 0.3 is 0 Å². The molecule has 0 saturated heterocycles. The summed E-state index contributed by atoms with van der Waals surface area (Å²) < 4.78 is 6.05. The van der Waals surface area contributed by atoms with Crippen molar-refractivity contribution in [1.29, 1.82) is 0 Å². The fraction of sp³-hybridized carbons (Fsp3) is 0.333. The van der Waals surface area contributed by atoms with Crippen molar-refractivity contribution < 1.29 is 14.3 Å². The molecule has 182 valence electrons. The molecule has 0 aromatic heterocycles. The molecular formula is C30H34N2O3. The Morgan fingerprint density at radius 3 is 2.49 bits per heavy atom. The fourth-order valence-corrected chi connectivity index (χ4v) is 4.54. The zero-order chi connectivity index (χ0) is 24.9. The SMILES string of the molecule is Cc1cccc([C@@H]2c3cc(O[C@@H](C)C(=O)NCC(C)C)ccc3CCN2C(=O)c2ccccc2)c1. The molecule has 0 aliphatic carbocycles. The maximum Gasteiger partial charge on any atom is 0.260 e. The second-order valence-electron chi connectivity index (χ2n) is 9.69. The van der Waals surface area contributed by atoms with Crippen LogP contribution in [0.25, 0.3) is 0 Å². The van der Waals surface area contributed by atoms with Crippen molar-refractivity contribution in [1.82, 2.24) is 10.2 Å². The van der Waals surface area contributed by atoms with E-state index in [1.165, 1.54) is 5.56 Å². The molecule has 3 aromatic rings. The molecule has 0 fully saturated rings. The summed E-state index contributed by atoms with van der Waals surface area (Å²) in [5, 5.41) is 2.93. The van der Waals surface area contributed by atoms with Crippen LogP contribution >= 0.6 is 0 Å². The smallest absolute Gasteiger partial charge is 0.260 e. The lowest BCUT2D eigenvalue weighted by Gasteiger charge is -2.38. The zero-order valence-corrected chi connectivity index (χ0v) is 21.0. The molecule has 1 aliphatic heterocycles. The van der Waals surface area contributed by atoms with Gasteiger partial charge in [0.1, 0.15) is 5.75 Å². The summed E-state index contributed by atoms with van der Waals surface area (Å²) in [5.41, 5.74) is 5.12. The van der Waals surface area contributed by atoms with Gasteiger partial charge in [0, 0.05) is 18.7 Å². The zero-order valence-electron chi connectivity index (χ0n) is 21.0. The highest BCUT2D eigenvalue weighted by Crippen LogP contribution is 2.38. The molecule has 3 aromatic carbocycles. The number of hydrogen-bond acceptors (Lipinski definition) is 3. The van der Waals surface area contributed by atoms with Gasteiger partial charge in [0.05, 0.1) is 6.04 Å². The minimum Gasteiger partial charge on any atom is -0.481 e. The fourth-order valence-electron chi connectivity index (χ4n) is 4.54. The Hall–Kier alpha value is -3.60. The Kier molecular flexibility index (Phi) is 7.54. The summed E-state index contributed by atoms with van der Waals surface area (Å²) in [6.45, 7) is 9.19. The van der Waals surface area contributed by atoms with E-state index in [0.29, 0.717) is 30.3 Å². The van der Waals surface area contributed by atoms with Gasteiger partial charge in [-0.25, -0.2) is 0 Å². The van der Waals surface area contributed by atoms with Crippen LogP contribution in [-0.4, -0.2) is 35.9 Å². The maximum atomic E-state index is 13.6. The summed E-state index contributed by atoms with van der Waals surface area (Å²) in [6, 6.07) is 23.5. The molecule has 1 N–H and O–H groups in total. The highest BCUT2D eigenvalue weighted by molar-refractivity contribution is 5.95. The lowest BCUT2D eigenvalue weighted by molar-refractivity contribution is -0.127. The first-order valence-electron chi connectivity index (χ1n) is 12.3. The first-order valence-corrected chi connectivity index (χ1v) is 12.3. The van der Waals surface area contributed by atoms with E-state index in [9.17, 15) is 9.59 Å². The van der Waals surface area contributed by atoms with E-state index in [1.54, 1.807) is 6.92 Å². The molecule has 0 radical (unpaired) electrons. The minimum atomic E-state index is -0.616. The summed E-state index contributed by atoms with van der Waals surface area (Å²) >= 11 is 0. The Bertz CT molecular complexity index is 1190. The topological polar surface area (TPSA) is 58.6 Å². The third-order valence-electron chi connectivity index (χ3n) is 6.35. The second kappa shape index (κ2) is 10.8. The van der Waals surface area contributed by atoms with E-state index >= 15 is 0 Å². The van der Waals surface area contributed by atoms with E-state index in [4.69, 9.17) is 4.74 Å². The van der Waals surface area contributed by atoms with E-state index in [2.05, 4.69) is 50.4 Å². The number of carbonyl (C=O) groups is 2. The van der Waals surface area contributed by atoms with E-state index in [1.807, 2.05) is 53.4 Å². The van der Waals surface area contributed by atoms with E-state index in [-0.39, 0.29) is 17.9 Å². The predicted octanol–water partition coefficient (Wildman–Crippen LogP) is 5.32. The predicted molar refractivity (Wildman–Crippen MR) is 139 cm³/mol. The standard InChI is InChI=1S/C30H34N2O3/c1-20(2)19-31-29(33)22(4)35-26-14-13-23-15-16-32(30(34)24-10-6-5-7-11-24)28(27(23)18-26)25-12-8-9-21(3)17-25/h5-14,17-18,20,22,28H,15-16,19H2,1-4H3,(H,31,33)/t22-,28+/m0/s1. The summed E-state index contributed by atoms with van der Waals surface area (Å²) in [7, 11) is 0. The molecule has 0 spiro atoms. The van der Waals surface area contributed by atoms with Crippen LogP contribution in [0.2, 0.25) is 0 Å². The van der Waals surface area contributed by atoms with Crippen molar-refractivity contribution in [2.24, 2.45) is 5.92 Å². The number of nitrogens with one attached hydrogen (secondary N) is 1. The molecule has 5 heteroatoms. The second-order valence-corrected chi connectivity index (χ2v) is 9.69. The maximum absolute atomic E-state index is 13.6. The normalized spacial score (nSPS) is 15.9. The molecule has 1 heterocycles. The molecule has 2 atom stereocenters. The van der Waals surface area contributed by atoms with Crippen LogP contribution in [0.3, 0.4) is 0 Å². The van der Waals surface area contributed by atoms with Crippen molar-refractivity contribution in [3.05, 3.63) is 101 Å². The van der Waals surface area contributed by atoms with Gasteiger partial charge in [0.15, 0.2) is 6.10 Å². The average Bonchev–Trinajstić information content (AvgIpc) is 2.86. The average molecular weight is 471 g/mol. The van der Waals surface area contributed by atoms with Crippen molar-refractivity contribution in [2.45, 2.75) is 46.3 Å². The number of fused-ring (bicyclic) bond motifs is 1. The summed E-state index contributed by atoms with van der Waals surface area (Å²) in [4.78, 5) is 28.0. The molecule has 4 rings (SSSR count). The van der Waals surface area contributed by atoms with Crippen molar-refractivity contribution in [3.8, 4) is 5.75 Å². The Morgan fingerprint density at radius 1 is 1.00 bits per heavy atom. The van der Waals surface area contributed by atoms with Crippen LogP contribution in [0, 0.1) is 12.8 Å². The number of amides is 2. The van der Waals surface area contributed by atoms with Gasteiger partial charge in [-0.15, -0.1) is 0 Å².